The van der Waals surface area contributed by atoms with Gasteiger partial charge in [-0.2, -0.15) is 0 Å². The van der Waals surface area contributed by atoms with Gasteiger partial charge >= 0.3 is 6.03 Å². The van der Waals surface area contributed by atoms with Gasteiger partial charge in [-0.1, -0.05) is 12.1 Å². The van der Waals surface area contributed by atoms with E-state index in [4.69, 9.17) is 4.74 Å². The molecule has 0 bridgehead atoms. The van der Waals surface area contributed by atoms with Crippen LogP contribution in [0.5, 0.6) is 0 Å². The molecule has 0 spiro atoms. The molecular formula is C18H24N4O2. The number of H-pyrrole nitrogens is 1. The summed E-state index contributed by atoms with van der Waals surface area (Å²) in [4.78, 5) is 22.3. The van der Waals surface area contributed by atoms with Crippen LogP contribution in [0.1, 0.15) is 25.1 Å². The zero-order valence-corrected chi connectivity index (χ0v) is 13.8. The Bertz CT molecular complexity index is 677. The number of benzene rings is 1. The lowest BCUT2D eigenvalue weighted by molar-refractivity contribution is 0.00474. The molecule has 1 saturated heterocycles. The maximum Gasteiger partial charge on any atom is 0.317 e. The van der Waals surface area contributed by atoms with E-state index in [1.165, 1.54) is 12.8 Å². The molecule has 1 atom stereocenters. The van der Waals surface area contributed by atoms with E-state index < -0.39 is 0 Å². The zero-order valence-electron chi connectivity index (χ0n) is 13.8. The van der Waals surface area contributed by atoms with Crippen molar-refractivity contribution in [3.63, 3.8) is 0 Å². The molecule has 1 aliphatic carbocycles. The maximum atomic E-state index is 12.4. The van der Waals surface area contributed by atoms with Crippen LogP contribution >= 0.6 is 0 Å². The summed E-state index contributed by atoms with van der Waals surface area (Å²) in [6, 6.07) is 8.36. The van der Waals surface area contributed by atoms with E-state index in [2.05, 4.69) is 15.3 Å². The molecule has 2 amide bonds. The highest BCUT2D eigenvalue weighted by atomic mass is 16.5. The third-order valence-corrected chi connectivity index (χ3v) is 4.90. The van der Waals surface area contributed by atoms with Crippen molar-refractivity contribution < 1.29 is 9.53 Å². The lowest BCUT2D eigenvalue weighted by atomic mass is 10.1. The molecule has 1 aromatic heterocycles. The van der Waals surface area contributed by atoms with Gasteiger partial charge < -0.3 is 19.9 Å². The lowest BCUT2D eigenvalue weighted by Gasteiger charge is -2.35. The zero-order chi connectivity index (χ0) is 16.4. The van der Waals surface area contributed by atoms with Crippen LogP contribution in [0.2, 0.25) is 0 Å². The molecule has 2 N–H and O–H groups in total. The first-order valence-corrected chi connectivity index (χ1v) is 8.87. The normalized spacial score (nSPS) is 21.2. The topological polar surface area (TPSA) is 70.2 Å². The Morgan fingerprint density at radius 1 is 1.38 bits per heavy atom. The molecule has 24 heavy (non-hydrogen) atoms. The molecule has 1 unspecified atom stereocenters. The van der Waals surface area contributed by atoms with Crippen molar-refractivity contribution in [3.05, 3.63) is 30.1 Å². The number of hydrogen-bond acceptors (Lipinski definition) is 3. The van der Waals surface area contributed by atoms with Gasteiger partial charge in [-0.15, -0.1) is 0 Å². The van der Waals surface area contributed by atoms with Crippen molar-refractivity contribution in [1.29, 1.82) is 0 Å². The minimum Gasteiger partial charge on any atom is -0.377 e. The predicted molar refractivity (Wildman–Crippen MR) is 91.9 cm³/mol. The number of aryl methyl sites for hydroxylation is 1. The standard InChI is InChI=1S/C18H24N4O2/c23-18(22-10-11-24-12-16(22)13-7-8-13)19-9-3-6-17-20-14-4-1-2-5-15(14)21-17/h1-2,4-5,13,16H,3,6-12H2,(H,19,23)(H,20,21). The Morgan fingerprint density at radius 3 is 3.08 bits per heavy atom. The summed E-state index contributed by atoms with van der Waals surface area (Å²) in [6.45, 7) is 2.72. The summed E-state index contributed by atoms with van der Waals surface area (Å²) in [5.74, 6) is 1.62. The Kier molecular flexibility index (Phi) is 4.38. The van der Waals surface area contributed by atoms with Crippen LogP contribution in [-0.2, 0) is 11.2 Å². The molecular weight excluding hydrogens is 304 g/mol. The number of imidazole rings is 1. The van der Waals surface area contributed by atoms with Crippen LogP contribution in [0.3, 0.4) is 0 Å². The van der Waals surface area contributed by atoms with Gasteiger partial charge in [0, 0.05) is 19.5 Å². The van der Waals surface area contributed by atoms with Crippen molar-refractivity contribution in [3.8, 4) is 0 Å². The Balaban J connectivity index is 1.25. The van der Waals surface area contributed by atoms with Crippen molar-refractivity contribution in [2.75, 3.05) is 26.3 Å². The highest BCUT2D eigenvalue weighted by molar-refractivity contribution is 5.75. The van der Waals surface area contributed by atoms with E-state index in [0.29, 0.717) is 32.2 Å². The minimum atomic E-state index is 0.0554. The number of nitrogens with zero attached hydrogens (tertiary/aromatic N) is 2. The summed E-state index contributed by atoms with van der Waals surface area (Å²) in [6.07, 6.45) is 4.17. The van der Waals surface area contributed by atoms with Crippen LogP contribution in [-0.4, -0.2) is 53.2 Å². The molecule has 4 rings (SSSR count). The first-order valence-electron chi connectivity index (χ1n) is 8.87. The van der Waals surface area contributed by atoms with Crippen LogP contribution < -0.4 is 5.32 Å². The molecule has 2 aromatic rings. The Labute approximate surface area is 141 Å². The number of aromatic nitrogens is 2. The van der Waals surface area contributed by atoms with Crippen LogP contribution in [0.25, 0.3) is 11.0 Å². The van der Waals surface area contributed by atoms with Gasteiger partial charge in [0.05, 0.1) is 30.3 Å². The second-order valence-corrected chi connectivity index (χ2v) is 6.71. The number of aromatic amines is 1. The van der Waals surface area contributed by atoms with Gasteiger partial charge in [0.2, 0.25) is 0 Å². The average molecular weight is 328 g/mol. The molecule has 0 radical (unpaired) electrons. The molecule has 6 nitrogen and oxygen atoms in total. The number of carbonyl (C=O) groups is 1. The van der Waals surface area contributed by atoms with E-state index in [0.717, 1.165) is 29.7 Å². The maximum absolute atomic E-state index is 12.4. The van der Waals surface area contributed by atoms with E-state index in [-0.39, 0.29) is 12.1 Å². The van der Waals surface area contributed by atoms with Gasteiger partial charge in [-0.3, -0.25) is 0 Å². The Hall–Kier alpha value is -2.08. The van der Waals surface area contributed by atoms with Crippen molar-refractivity contribution >= 4 is 17.1 Å². The van der Waals surface area contributed by atoms with Crippen molar-refractivity contribution in [2.24, 2.45) is 5.92 Å². The first-order chi connectivity index (χ1) is 11.8. The van der Waals surface area contributed by atoms with Gasteiger partial charge in [0.1, 0.15) is 5.82 Å². The quantitative estimate of drug-likeness (QED) is 0.828. The van der Waals surface area contributed by atoms with Crippen LogP contribution in [0.15, 0.2) is 24.3 Å². The molecule has 2 fully saturated rings. The highest BCUT2D eigenvalue weighted by Crippen LogP contribution is 2.36. The second kappa shape index (κ2) is 6.81. The number of carbonyl (C=O) groups excluding carboxylic acids is 1. The fraction of sp³-hybridized carbons (Fsp3) is 0.556. The third kappa shape index (κ3) is 3.38. The van der Waals surface area contributed by atoms with E-state index in [9.17, 15) is 4.79 Å². The van der Waals surface area contributed by atoms with Crippen molar-refractivity contribution in [1.82, 2.24) is 20.2 Å². The molecule has 2 aliphatic rings. The molecule has 1 aliphatic heterocycles. The van der Waals surface area contributed by atoms with Crippen LogP contribution in [0, 0.1) is 5.92 Å². The molecule has 1 aromatic carbocycles. The number of morpholine rings is 1. The summed E-state index contributed by atoms with van der Waals surface area (Å²) in [5.41, 5.74) is 2.06. The van der Waals surface area contributed by atoms with E-state index >= 15 is 0 Å². The summed E-state index contributed by atoms with van der Waals surface area (Å²) >= 11 is 0. The molecule has 2 heterocycles. The molecule has 6 heteroatoms. The first kappa shape index (κ1) is 15.4. The number of ether oxygens (including phenoxy) is 1. The number of rotatable bonds is 5. The average Bonchev–Trinajstić information content (AvgIpc) is 3.38. The lowest BCUT2D eigenvalue weighted by Crippen LogP contribution is -2.53. The van der Waals surface area contributed by atoms with Gasteiger partial charge in [0.15, 0.2) is 0 Å². The smallest absolute Gasteiger partial charge is 0.317 e. The summed E-state index contributed by atoms with van der Waals surface area (Å²) < 4.78 is 5.54. The van der Waals surface area contributed by atoms with Crippen molar-refractivity contribution in [2.45, 2.75) is 31.7 Å². The van der Waals surface area contributed by atoms with Gasteiger partial charge in [-0.25, -0.2) is 9.78 Å². The summed E-state index contributed by atoms with van der Waals surface area (Å²) in [7, 11) is 0. The van der Waals surface area contributed by atoms with Crippen LogP contribution in [0.4, 0.5) is 4.79 Å². The SMILES string of the molecule is O=C(NCCCc1nc2ccccc2[nH]1)N1CCOCC1C1CC1. The number of para-hydroxylation sites is 2. The van der Waals surface area contributed by atoms with Gasteiger partial charge in [-0.05, 0) is 37.3 Å². The third-order valence-electron chi connectivity index (χ3n) is 4.90. The minimum absolute atomic E-state index is 0.0554. The number of nitrogens with one attached hydrogen (secondary N) is 2. The number of amides is 2. The molecule has 128 valence electrons. The number of hydrogen-bond donors (Lipinski definition) is 2. The fourth-order valence-corrected chi connectivity index (χ4v) is 3.42. The number of fused-ring (bicyclic) bond motifs is 1. The van der Waals surface area contributed by atoms with E-state index in [1.54, 1.807) is 0 Å². The Morgan fingerprint density at radius 2 is 2.25 bits per heavy atom. The second-order valence-electron chi connectivity index (χ2n) is 6.71. The predicted octanol–water partition coefficient (Wildman–Crippen LogP) is 2.32. The monoisotopic (exact) mass is 328 g/mol. The highest BCUT2D eigenvalue weighted by Gasteiger charge is 2.39. The number of urea groups is 1. The molecule has 1 saturated carbocycles. The largest absolute Gasteiger partial charge is 0.377 e. The summed E-state index contributed by atoms with van der Waals surface area (Å²) in [5, 5.41) is 3.06. The van der Waals surface area contributed by atoms with E-state index in [1.807, 2.05) is 29.2 Å². The van der Waals surface area contributed by atoms with Gasteiger partial charge in [0.25, 0.3) is 0 Å². The fourth-order valence-electron chi connectivity index (χ4n) is 3.42.